The van der Waals surface area contributed by atoms with Crippen LogP contribution in [0.15, 0.2) is 52.0 Å². The Morgan fingerprint density at radius 2 is 1.81 bits per heavy atom. The van der Waals surface area contributed by atoms with E-state index in [-0.39, 0.29) is 5.95 Å². The number of aryl methyl sites for hydroxylation is 1. The molecule has 1 aliphatic heterocycles. The first-order valence-electron chi connectivity index (χ1n) is 11.1. The number of fused-ring (bicyclic) bond motifs is 1. The van der Waals surface area contributed by atoms with E-state index >= 15 is 0 Å². The van der Waals surface area contributed by atoms with Crippen LogP contribution in [-0.4, -0.2) is 52.5 Å². The second kappa shape index (κ2) is 10.9. The number of hydrazone groups is 1. The van der Waals surface area contributed by atoms with Gasteiger partial charge in [0.1, 0.15) is 5.15 Å². The second-order valence-electron chi connectivity index (χ2n) is 8.02. The average molecular weight is 588 g/mol. The lowest BCUT2D eigenvalue weighted by atomic mass is 10.2. The molecule has 2 aromatic heterocycles. The van der Waals surface area contributed by atoms with Gasteiger partial charge in [-0.3, -0.25) is 0 Å². The topological polar surface area (TPSA) is 100 Å². The maximum atomic E-state index is 6.35. The highest BCUT2D eigenvalue weighted by Crippen LogP contribution is 2.31. The van der Waals surface area contributed by atoms with Crippen LogP contribution < -0.4 is 15.6 Å². The molecule has 0 radical (unpaired) electrons. The summed E-state index contributed by atoms with van der Waals surface area (Å²) in [5, 5.41) is 9.48. The summed E-state index contributed by atoms with van der Waals surface area (Å²) in [4.78, 5) is 20.1. The van der Waals surface area contributed by atoms with Crippen molar-refractivity contribution in [3.05, 3.63) is 68.2 Å². The molecule has 0 saturated carbocycles. The van der Waals surface area contributed by atoms with Gasteiger partial charge in [0.25, 0.3) is 0 Å². The number of rotatable bonds is 6. The first-order chi connectivity index (χ1) is 17.5. The van der Waals surface area contributed by atoms with Crippen molar-refractivity contribution in [1.29, 1.82) is 0 Å². The van der Waals surface area contributed by atoms with Crippen molar-refractivity contribution in [3.8, 4) is 0 Å². The molecule has 36 heavy (non-hydrogen) atoms. The van der Waals surface area contributed by atoms with E-state index in [4.69, 9.17) is 27.9 Å². The molecule has 0 aliphatic carbocycles. The number of benzene rings is 2. The molecule has 0 amide bonds. The summed E-state index contributed by atoms with van der Waals surface area (Å²) in [7, 11) is 0. The van der Waals surface area contributed by atoms with E-state index in [2.05, 4.69) is 51.7 Å². The van der Waals surface area contributed by atoms with Crippen LogP contribution in [0.5, 0.6) is 0 Å². The van der Waals surface area contributed by atoms with Gasteiger partial charge in [0.15, 0.2) is 0 Å². The van der Waals surface area contributed by atoms with Gasteiger partial charge in [0.2, 0.25) is 17.8 Å². The zero-order valence-corrected chi connectivity index (χ0v) is 22.3. The summed E-state index contributed by atoms with van der Waals surface area (Å²) >= 11 is 16.2. The predicted molar refractivity (Wildman–Crippen MR) is 148 cm³/mol. The predicted octanol–water partition coefficient (Wildman–Crippen LogP) is 5.82. The highest BCUT2D eigenvalue weighted by molar-refractivity contribution is 9.10. The summed E-state index contributed by atoms with van der Waals surface area (Å²) in [5.74, 6) is 1.12. The summed E-state index contributed by atoms with van der Waals surface area (Å²) in [6.07, 6.45) is 1.59. The molecule has 3 heterocycles. The lowest BCUT2D eigenvalue weighted by molar-refractivity contribution is 0.122. The number of aromatic nitrogens is 4. The number of nitrogens with one attached hydrogen (secondary N) is 2. The standard InChI is InChI=1S/C24H21BrCl2N8O/c1-14-10-17(25)20(12-18(14)26)30-22-31-23(33-24(32-22)35-6-8-36-9-7-35)34-28-13-16-11-15-4-2-3-5-19(15)29-21(16)27/h2-5,10-13H,6-9H2,1H3,(H2,30,31,32,33,34)/b28-13+. The Morgan fingerprint density at radius 1 is 1.03 bits per heavy atom. The van der Waals surface area contributed by atoms with Crippen molar-refractivity contribution in [2.45, 2.75) is 6.92 Å². The number of nitrogens with zero attached hydrogens (tertiary/aromatic N) is 6. The van der Waals surface area contributed by atoms with Crippen LogP contribution in [0.4, 0.5) is 23.5 Å². The molecule has 1 fully saturated rings. The SMILES string of the molecule is Cc1cc(Br)c(Nc2nc(N/N=C/c3cc4ccccc4nc3Cl)nc(N3CCOCC3)n2)cc1Cl. The zero-order valence-electron chi connectivity index (χ0n) is 19.2. The third-order valence-electron chi connectivity index (χ3n) is 5.49. The van der Waals surface area contributed by atoms with E-state index in [1.165, 1.54) is 0 Å². The van der Waals surface area contributed by atoms with Gasteiger partial charge in [-0.15, -0.1) is 0 Å². The molecule has 9 nitrogen and oxygen atoms in total. The van der Waals surface area contributed by atoms with Crippen LogP contribution in [0.2, 0.25) is 10.2 Å². The van der Waals surface area contributed by atoms with Crippen molar-refractivity contribution >= 4 is 79.8 Å². The minimum atomic E-state index is 0.268. The number of pyridine rings is 1. The summed E-state index contributed by atoms with van der Waals surface area (Å²) in [6, 6.07) is 13.4. The van der Waals surface area contributed by atoms with E-state index in [1.807, 2.05) is 54.3 Å². The summed E-state index contributed by atoms with van der Waals surface area (Å²) in [6.45, 7) is 4.48. The van der Waals surface area contributed by atoms with Gasteiger partial charge >= 0.3 is 0 Å². The first kappa shape index (κ1) is 24.6. The lowest BCUT2D eigenvalue weighted by Gasteiger charge is -2.27. The molecule has 4 aromatic rings. The Labute approximate surface area is 226 Å². The van der Waals surface area contributed by atoms with Crippen molar-refractivity contribution in [2.75, 3.05) is 41.9 Å². The molecule has 0 atom stereocenters. The Bertz CT molecular complexity index is 1450. The minimum absolute atomic E-state index is 0.268. The fraction of sp³-hybridized carbons (Fsp3) is 0.208. The second-order valence-corrected chi connectivity index (χ2v) is 9.64. The number of morpholine rings is 1. The van der Waals surface area contributed by atoms with Crippen molar-refractivity contribution in [3.63, 3.8) is 0 Å². The monoisotopic (exact) mass is 586 g/mol. The van der Waals surface area contributed by atoms with Crippen LogP contribution in [0, 0.1) is 6.92 Å². The van der Waals surface area contributed by atoms with Crippen LogP contribution in [0.1, 0.15) is 11.1 Å². The largest absolute Gasteiger partial charge is 0.378 e. The molecular formula is C24H21BrCl2N8O. The van der Waals surface area contributed by atoms with Crippen LogP contribution in [-0.2, 0) is 4.74 Å². The van der Waals surface area contributed by atoms with Gasteiger partial charge in [-0.1, -0.05) is 41.4 Å². The first-order valence-corrected chi connectivity index (χ1v) is 12.7. The lowest BCUT2D eigenvalue weighted by Crippen LogP contribution is -2.37. The molecule has 0 bridgehead atoms. The number of hydrogen-bond donors (Lipinski definition) is 2. The quantitative estimate of drug-likeness (QED) is 0.165. The number of anilines is 4. The van der Waals surface area contributed by atoms with Crippen molar-refractivity contribution in [1.82, 2.24) is 19.9 Å². The maximum Gasteiger partial charge on any atom is 0.250 e. The van der Waals surface area contributed by atoms with Crippen LogP contribution >= 0.6 is 39.1 Å². The van der Waals surface area contributed by atoms with Gasteiger partial charge in [-0.2, -0.15) is 20.1 Å². The van der Waals surface area contributed by atoms with Crippen molar-refractivity contribution < 1.29 is 4.74 Å². The molecule has 0 spiro atoms. The molecule has 2 N–H and O–H groups in total. The molecule has 5 rings (SSSR count). The molecular weight excluding hydrogens is 567 g/mol. The van der Waals surface area contributed by atoms with Gasteiger partial charge in [0.05, 0.1) is 30.6 Å². The zero-order chi connectivity index (χ0) is 25.1. The van der Waals surface area contributed by atoms with E-state index in [0.717, 1.165) is 26.6 Å². The van der Waals surface area contributed by atoms with Crippen molar-refractivity contribution in [2.24, 2.45) is 5.10 Å². The number of halogens is 3. The summed E-state index contributed by atoms with van der Waals surface area (Å²) < 4.78 is 6.30. The highest BCUT2D eigenvalue weighted by atomic mass is 79.9. The maximum absolute atomic E-state index is 6.35. The highest BCUT2D eigenvalue weighted by Gasteiger charge is 2.17. The normalized spacial score (nSPS) is 13.9. The van der Waals surface area contributed by atoms with Gasteiger partial charge < -0.3 is 15.0 Å². The van der Waals surface area contributed by atoms with Crippen LogP contribution in [0.25, 0.3) is 10.9 Å². The van der Waals surface area contributed by atoms with E-state index < -0.39 is 0 Å². The number of para-hydroxylation sites is 1. The Hall–Kier alpha value is -3.05. The van der Waals surface area contributed by atoms with E-state index in [1.54, 1.807) is 6.21 Å². The van der Waals surface area contributed by atoms with E-state index in [0.29, 0.717) is 53.9 Å². The van der Waals surface area contributed by atoms with Gasteiger partial charge in [0, 0.05) is 33.5 Å². The Kier molecular flexibility index (Phi) is 7.47. The molecule has 184 valence electrons. The Morgan fingerprint density at radius 3 is 2.64 bits per heavy atom. The molecule has 2 aromatic carbocycles. The number of ether oxygens (including phenoxy) is 1. The fourth-order valence-corrected chi connectivity index (χ4v) is 4.51. The Balaban J connectivity index is 1.43. The fourth-order valence-electron chi connectivity index (χ4n) is 3.60. The van der Waals surface area contributed by atoms with E-state index in [9.17, 15) is 0 Å². The average Bonchev–Trinajstić information content (AvgIpc) is 2.88. The number of hydrogen-bond acceptors (Lipinski definition) is 9. The molecule has 12 heteroatoms. The summed E-state index contributed by atoms with van der Waals surface area (Å²) in [5.41, 5.74) is 6.07. The molecule has 1 aliphatic rings. The third-order valence-corrected chi connectivity index (χ3v) is 6.85. The minimum Gasteiger partial charge on any atom is -0.378 e. The third kappa shape index (κ3) is 5.67. The van der Waals surface area contributed by atoms with Gasteiger partial charge in [-0.05, 0) is 52.7 Å². The van der Waals surface area contributed by atoms with Crippen LogP contribution in [0.3, 0.4) is 0 Å². The van der Waals surface area contributed by atoms with Gasteiger partial charge in [-0.25, -0.2) is 10.4 Å². The molecule has 1 saturated heterocycles. The smallest absolute Gasteiger partial charge is 0.250 e. The molecule has 0 unspecified atom stereocenters.